The fourth-order valence-electron chi connectivity index (χ4n) is 7.00. The smallest absolute Gasteiger partial charge is 0.328 e. The van der Waals surface area contributed by atoms with E-state index in [1.165, 1.54) is 6.42 Å². The molecule has 5 nitrogen and oxygen atoms in total. The maximum atomic E-state index is 12.9. The standard InChI is InChI=1S/C17H26N3O2/c18-9-14-2-1-3-20(14,15(21)10-19)16-5-12-4-13(6-16)8-17(22,7-12)11-16/h12-14,22H,1-8,10-11,19H2/q+1. The third kappa shape index (κ3) is 1.66. The van der Waals surface area contributed by atoms with Crippen LogP contribution < -0.4 is 5.73 Å². The van der Waals surface area contributed by atoms with Crippen LogP contribution in [-0.4, -0.2) is 45.8 Å². The molecule has 1 amide bonds. The maximum Gasteiger partial charge on any atom is 0.328 e. The number of carbonyl (C=O) groups excluding carboxylic acids is 1. The second-order valence-corrected chi connectivity index (χ2v) is 8.39. The quantitative estimate of drug-likeness (QED) is 0.747. The Kier molecular flexibility index (Phi) is 3.01. The Labute approximate surface area is 131 Å². The van der Waals surface area contributed by atoms with Gasteiger partial charge in [-0.25, -0.2) is 9.28 Å². The summed E-state index contributed by atoms with van der Waals surface area (Å²) in [5.74, 6) is 1.06. The summed E-state index contributed by atoms with van der Waals surface area (Å²) in [6.45, 7) is 0.747. The number of nitrogens with zero attached hydrogens (tertiary/aromatic N) is 2. The van der Waals surface area contributed by atoms with Gasteiger partial charge in [-0.15, -0.1) is 0 Å². The fourth-order valence-corrected chi connectivity index (χ4v) is 7.00. The molecule has 120 valence electrons. The van der Waals surface area contributed by atoms with E-state index in [1.54, 1.807) is 0 Å². The molecule has 4 unspecified atom stereocenters. The molecular weight excluding hydrogens is 278 g/mol. The Hall–Kier alpha value is -0.960. The molecule has 5 aliphatic rings. The summed E-state index contributed by atoms with van der Waals surface area (Å²) in [4.78, 5) is 12.9. The Morgan fingerprint density at radius 2 is 2.00 bits per heavy atom. The maximum absolute atomic E-state index is 12.9. The summed E-state index contributed by atoms with van der Waals surface area (Å²) in [5, 5.41) is 20.7. The Morgan fingerprint density at radius 3 is 2.55 bits per heavy atom. The van der Waals surface area contributed by atoms with Crippen molar-refractivity contribution >= 4 is 5.91 Å². The molecule has 5 rings (SSSR count). The van der Waals surface area contributed by atoms with Crippen LogP contribution in [0.15, 0.2) is 0 Å². The van der Waals surface area contributed by atoms with Crippen LogP contribution >= 0.6 is 0 Å². The van der Waals surface area contributed by atoms with Crippen LogP contribution in [0.1, 0.15) is 51.4 Å². The first kappa shape index (κ1) is 14.6. The third-order valence-electron chi connectivity index (χ3n) is 7.13. The average Bonchev–Trinajstić information content (AvgIpc) is 2.89. The molecule has 0 aromatic carbocycles. The monoisotopic (exact) mass is 304 g/mol. The van der Waals surface area contributed by atoms with Crippen LogP contribution in [0.25, 0.3) is 0 Å². The fraction of sp³-hybridized carbons (Fsp3) is 0.882. The van der Waals surface area contributed by atoms with Crippen LogP contribution in [0.3, 0.4) is 0 Å². The molecule has 0 aromatic heterocycles. The zero-order chi connectivity index (χ0) is 15.6. The normalized spacial score (nSPS) is 52.7. The molecule has 0 spiro atoms. The van der Waals surface area contributed by atoms with Gasteiger partial charge in [0.1, 0.15) is 18.2 Å². The Morgan fingerprint density at radius 1 is 1.32 bits per heavy atom. The second kappa shape index (κ2) is 4.53. The van der Waals surface area contributed by atoms with Crippen molar-refractivity contribution in [1.29, 1.82) is 5.26 Å². The van der Waals surface area contributed by atoms with Gasteiger partial charge in [0.2, 0.25) is 0 Å². The van der Waals surface area contributed by atoms with Crippen molar-refractivity contribution in [2.24, 2.45) is 17.6 Å². The van der Waals surface area contributed by atoms with E-state index in [0.29, 0.717) is 18.3 Å². The van der Waals surface area contributed by atoms with E-state index >= 15 is 0 Å². The largest absolute Gasteiger partial charge is 0.390 e. The van der Waals surface area contributed by atoms with Crippen LogP contribution in [-0.2, 0) is 4.79 Å². The van der Waals surface area contributed by atoms with Gasteiger partial charge in [0.25, 0.3) is 0 Å². The number of aliphatic hydroxyl groups is 1. The summed E-state index contributed by atoms with van der Waals surface area (Å²) in [6, 6.07) is 2.15. The first-order valence-corrected chi connectivity index (χ1v) is 8.70. The number of carbonyl (C=O) groups is 1. The van der Waals surface area contributed by atoms with Gasteiger partial charge >= 0.3 is 5.91 Å². The van der Waals surface area contributed by atoms with Gasteiger partial charge < -0.3 is 10.8 Å². The lowest BCUT2D eigenvalue weighted by molar-refractivity contribution is -0.917. The van der Waals surface area contributed by atoms with Crippen LogP contribution in [0.4, 0.5) is 0 Å². The predicted octanol–water partition coefficient (Wildman–Crippen LogP) is 1.06. The molecule has 4 aliphatic carbocycles. The van der Waals surface area contributed by atoms with Gasteiger partial charge in [0, 0.05) is 32.1 Å². The number of likely N-dealkylation sites (tertiary alicyclic amines) is 1. The Balaban J connectivity index is 1.83. The molecule has 4 saturated carbocycles. The molecule has 4 atom stereocenters. The summed E-state index contributed by atoms with van der Waals surface area (Å²) in [5.41, 5.74) is 4.93. The van der Waals surface area contributed by atoms with E-state index in [1.807, 2.05) is 0 Å². The number of rotatable bonds is 2. The topological polar surface area (TPSA) is 87.1 Å². The highest BCUT2D eigenvalue weighted by Crippen LogP contribution is 2.62. The van der Waals surface area contributed by atoms with Crippen LogP contribution in [0.5, 0.6) is 0 Å². The van der Waals surface area contributed by atoms with Crippen LogP contribution in [0.2, 0.25) is 0 Å². The Bertz CT molecular complexity index is 541. The van der Waals surface area contributed by atoms with E-state index in [-0.39, 0.29) is 28.5 Å². The lowest BCUT2D eigenvalue weighted by atomic mass is 9.50. The van der Waals surface area contributed by atoms with Crippen molar-refractivity contribution in [1.82, 2.24) is 0 Å². The molecule has 1 aliphatic heterocycles. The average molecular weight is 304 g/mol. The minimum absolute atomic E-state index is 0.00763. The molecule has 0 radical (unpaired) electrons. The van der Waals surface area contributed by atoms with Crippen molar-refractivity contribution < 1.29 is 14.4 Å². The molecule has 4 bridgehead atoms. The SMILES string of the molecule is N#CC1CCC[N+]1(C(=O)CN)C12CC3CC(CC(O)(C3)C1)C2. The predicted molar refractivity (Wildman–Crippen MR) is 80.2 cm³/mol. The molecule has 3 N–H and O–H groups in total. The first-order chi connectivity index (χ1) is 10.5. The first-order valence-electron chi connectivity index (χ1n) is 8.70. The van der Waals surface area contributed by atoms with E-state index in [0.717, 1.165) is 45.1 Å². The van der Waals surface area contributed by atoms with E-state index in [9.17, 15) is 15.2 Å². The summed E-state index contributed by atoms with van der Waals surface area (Å²) < 4.78 is 0.259. The second-order valence-electron chi connectivity index (χ2n) is 8.39. The zero-order valence-corrected chi connectivity index (χ0v) is 13.1. The zero-order valence-electron chi connectivity index (χ0n) is 13.1. The minimum Gasteiger partial charge on any atom is -0.390 e. The van der Waals surface area contributed by atoms with Crippen molar-refractivity contribution in [3.05, 3.63) is 0 Å². The third-order valence-corrected chi connectivity index (χ3v) is 7.13. The van der Waals surface area contributed by atoms with E-state index < -0.39 is 5.60 Å². The highest BCUT2D eigenvalue weighted by atomic mass is 16.3. The number of hydrogen-bond acceptors (Lipinski definition) is 4. The lowest BCUT2D eigenvalue weighted by Gasteiger charge is -2.64. The van der Waals surface area contributed by atoms with Gasteiger partial charge in [-0.1, -0.05) is 0 Å². The van der Waals surface area contributed by atoms with Crippen molar-refractivity contribution in [2.75, 3.05) is 13.1 Å². The molecular formula is C17H26N3O2+. The summed E-state index contributed by atoms with van der Waals surface area (Å²) in [7, 11) is 0. The van der Waals surface area contributed by atoms with Gasteiger partial charge in [0.15, 0.2) is 6.04 Å². The van der Waals surface area contributed by atoms with Gasteiger partial charge in [0.05, 0.1) is 12.1 Å². The number of hydrogen-bond donors (Lipinski definition) is 2. The van der Waals surface area contributed by atoms with Crippen molar-refractivity contribution in [3.63, 3.8) is 0 Å². The number of amides is 1. The van der Waals surface area contributed by atoms with Gasteiger partial charge in [-0.2, -0.15) is 5.26 Å². The molecule has 1 saturated heterocycles. The lowest BCUT2D eigenvalue weighted by Crippen LogP contribution is -2.77. The van der Waals surface area contributed by atoms with Gasteiger partial charge in [-0.3, -0.25) is 0 Å². The highest BCUT2D eigenvalue weighted by molar-refractivity contribution is 5.72. The molecule has 1 heterocycles. The molecule has 5 heteroatoms. The minimum atomic E-state index is -0.604. The number of quaternary nitrogens is 1. The highest BCUT2D eigenvalue weighted by Gasteiger charge is 2.70. The van der Waals surface area contributed by atoms with E-state index in [2.05, 4.69) is 6.07 Å². The number of nitrogens with two attached hydrogens (primary N) is 1. The van der Waals surface area contributed by atoms with Crippen molar-refractivity contribution in [3.8, 4) is 6.07 Å². The van der Waals surface area contributed by atoms with Crippen molar-refractivity contribution in [2.45, 2.75) is 68.5 Å². The van der Waals surface area contributed by atoms with Crippen LogP contribution in [0, 0.1) is 23.2 Å². The molecule has 5 fully saturated rings. The summed E-state index contributed by atoms with van der Waals surface area (Å²) >= 11 is 0. The number of nitriles is 1. The summed E-state index contributed by atoms with van der Waals surface area (Å²) in [6.07, 6.45) is 7.36. The molecule has 22 heavy (non-hydrogen) atoms. The van der Waals surface area contributed by atoms with Gasteiger partial charge in [-0.05, 0) is 31.1 Å². The molecule has 0 aromatic rings. The van der Waals surface area contributed by atoms with E-state index in [4.69, 9.17) is 5.73 Å².